The van der Waals surface area contributed by atoms with Gasteiger partial charge in [-0.2, -0.15) is 0 Å². The molecule has 0 saturated heterocycles. The zero-order valence-corrected chi connectivity index (χ0v) is 15.2. The SMILES string of the molecule is Cc1ccc(OCc2ccccc2)cc1C([Se])=Nc1ccccc1. The van der Waals surface area contributed by atoms with Crippen molar-refractivity contribution in [2.45, 2.75) is 13.5 Å². The molecule has 0 aliphatic heterocycles. The van der Waals surface area contributed by atoms with Crippen molar-refractivity contribution in [2.24, 2.45) is 4.99 Å². The summed E-state index contributed by atoms with van der Waals surface area (Å²) in [6.07, 6.45) is 0. The van der Waals surface area contributed by atoms with Crippen LogP contribution in [0.3, 0.4) is 0 Å². The Morgan fingerprint density at radius 3 is 2.29 bits per heavy atom. The molecule has 0 bridgehead atoms. The summed E-state index contributed by atoms with van der Waals surface area (Å²) < 4.78 is 6.78. The summed E-state index contributed by atoms with van der Waals surface area (Å²) in [5, 5.41) is 0. The summed E-state index contributed by atoms with van der Waals surface area (Å²) in [5.74, 6) is 0.843. The van der Waals surface area contributed by atoms with Crippen LogP contribution in [-0.4, -0.2) is 20.6 Å². The van der Waals surface area contributed by atoms with Crippen LogP contribution in [0, 0.1) is 6.92 Å². The maximum absolute atomic E-state index is 5.92. The Morgan fingerprint density at radius 1 is 0.917 bits per heavy atom. The molecular formula is C21H18NOSe. The third-order valence-electron chi connectivity index (χ3n) is 3.67. The van der Waals surface area contributed by atoms with Gasteiger partial charge in [-0.05, 0) is 0 Å². The monoisotopic (exact) mass is 380 g/mol. The first-order valence-electron chi connectivity index (χ1n) is 7.81. The maximum atomic E-state index is 5.92. The van der Waals surface area contributed by atoms with Crippen molar-refractivity contribution < 1.29 is 4.74 Å². The van der Waals surface area contributed by atoms with Gasteiger partial charge in [0.15, 0.2) is 0 Å². The quantitative estimate of drug-likeness (QED) is 0.460. The standard InChI is InChI=1S/C21H18NOSe/c1-16-12-13-19(23-15-17-8-4-2-5-9-17)14-20(16)21(24)22-18-10-6-3-7-11-18/h2-14H,15H2,1H3. The first kappa shape index (κ1) is 16.5. The number of hydrogen-bond donors (Lipinski definition) is 0. The molecule has 0 aliphatic carbocycles. The first-order valence-corrected chi connectivity index (χ1v) is 8.66. The van der Waals surface area contributed by atoms with Crippen molar-refractivity contribution in [3.05, 3.63) is 95.6 Å². The molecule has 3 rings (SSSR count). The van der Waals surface area contributed by atoms with Crippen LogP contribution in [0.5, 0.6) is 5.75 Å². The van der Waals surface area contributed by atoms with E-state index in [0.29, 0.717) is 6.61 Å². The van der Waals surface area contributed by atoms with Crippen LogP contribution in [0.25, 0.3) is 0 Å². The van der Waals surface area contributed by atoms with E-state index in [1.54, 1.807) is 0 Å². The Labute approximate surface area is 151 Å². The Bertz CT molecular complexity index is 829. The van der Waals surface area contributed by atoms with Crippen LogP contribution >= 0.6 is 0 Å². The minimum atomic E-state index is 0.557. The Balaban J connectivity index is 1.80. The molecular weight excluding hydrogens is 361 g/mol. The Morgan fingerprint density at radius 2 is 1.58 bits per heavy atom. The van der Waals surface area contributed by atoms with Gasteiger partial charge in [-0.1, -0.05) is 0 Å². The van der Waals surface area contributed by atoms with Gasteiger partial charge in [0.1, 0.15) is 0 Å². The van der Waals surface area contributed by atoms with E-state index >= 15 is 0 Å². The summed E-state index contributed by atoms with van der Waals surface area (Å²) in [6, 6.07) is 26.2. The van der Waals surface area contributed by atoms with E-state index in [0.717, 1.165) is 32.7 Å². The van der Waals surface area contributed by atoms with Crippen molar-refractivity contribution in [1.29, 1.82) is 0 Å². The second-order valence-electron chi connectivity index (χ2n) is 5.50. The van der Waals surface area contributed by atoms with Gasteiger partial charge in [0.25, 0.3) is 0 Å². The Kier molecular flexibility index (Phi) is 5.47. The predicted octanol–water partition coefficient (Wildman–Crippen LogP) is 4.82. The van der Waals surface area contributed by atoms with Gasteiger partial charge in [0.2, 0.25) is 0 Å². The molecule has 3 aromatic carbocycles. The van der Waals surface area contributed by atoms with Gasteiger partial charge in [-0.25, -0.2) is 0 Å². The fourth-order valence-corrected chi connectivity index (χ4v) is 3.02. The van der Waals surface area contributed by atoms with E-state index < -0.39 is 0 Å². The fraction of sp³-hybridized carbons (Fsp3) is 0.0952. The van der Waals surface area contributed by atoms with Gasteiger partial charge in [-0.3, -0.25) is 0 Å². The average Bonchev–Trinajstić information content (AvgIpc) is 2.62. The molecule has 0 atom stereocenters. The van der Waals surface area contributed by atoms with Crippen LogP contribution in [0.2, 0.25) is 0 Å². The first-order chi connectivity index (χ1) is 11.7. The van der Waals surface area contributed by atoms with Crippen LogP contribution < -0.4 is 4.74 Å². The second-order valence-corrected chi connectivity index (χ2v) is 6.31. The normalized spacial score (nSPS) is 11.3. The summed E-state index contributed by atoms with van der Waals surface area (Å²) in [5.41, 5.74) is 4.31. The summed E-state index contributed by atoms with van der Waals surface area (Å²) >= 11 is 3.08. The number of hydrogen-bond acceptors (Lipinski definition) is 2. The van der Waals surface area contributed by atoms with Gasteiger partial charge < -0.3 is 0 Å². The molecule has 2 nitrogen and oxygen atoms in total. The van der Waals surface area contributed by atoms with Crippen LogP contribution in [0.4, 0.5) is 5.69 Å². The predicted molar refractivity (Wildman–Crippen MR) is 100 cm³/mol. The van der Waals surface area contributed by atoms with Gasteiger partial charge in [-0.15, -0.1) is 0 Å². The topological polar surface area (TPSA) is 21.6 Å². The van der Waals surface area contributed by atoms with E-state index in [4.69, 9.17) is 4.74 Å². The van der Waals surface area contributed by atoms with Crippen LogP contribution in [-0.2, 0) is 6.61 Å². The third-order valence-corrected chi connectivity index (χ3v) is 4.33. The van der Waals surface area contributed by atoms with E-state index in [1.165, 1.54) is 0 Å². The van der Waals surface area contributed by atoms with E-state index in [2.05, 4.69) is 46.1 Å². The molecule has 0 unspecified atom stereocenters. The molecule has 0 N–H and O–H groups in total. The molecule has 119 valence electrons. The molecule has 0 heterocycles. The fourth-order valence-electron chi connectivity index (χ4n) is 2.34. The number of benzene rings is 3. The van der Waals surface area contributed by atoms with Gasteiger partial charge >= 0.3 is 151 Å². The number of ether oxygens (including phenoxy) is 1. The van der Waals surface area contributed by atoms with Crippen molar-refractivity contribution in [2.75, 3.05) is 0 Å². The molecule has 0 saturated carbocycles. The van der Waals surface area contributed by atoms with Crippen molar-refractivity contribution in [3.8, 4) is 5.75 Å². The summed E-state index contributed by atoms with van der Waals surface area (Å²) in [6.45, 7) is 2.64. The molecule has 0 amide bonds. The molecule has 0 fully saturated rings. The van der Waals surface area contributed by atoms with E-state index in [-0.39, 0.29) is 0 Å². The van der Waals surface area contributed by atoms with Crippen molar-refractivity contribution in [3.63, 3.8) is 0 Å². The number of aryl methyl sites for hydroxylation is 1. The molecule has 24 heavy (non-hydrogen) atoms. The summed E-state index contributed by atoms with van der Waals surface area (Å²) in [4.78, 5) is 4.66. The van der Waals surface area contributed by atoms with Gasteiger partial charge in [0.05, 0.1) is 0 Å². The molecule has 1 radical (unpaired) electrons. The zero-order valence-electron chi connectivity index (χ0n) is 13.5. The molecule has 0 spiro atoms. The van der Waals surface area contributed by atoms with Crippen LogP contribution in [0.1, 0.15) is 16.7 Å². The third kappa shape index (κ3) is 4.35. The van der Waals surface area contributed by atoms with E-state index in [1.807, 2.05) is 60.7 Å². The molecule has 3 aromatic rings. The summed E-state index contributed by atoms with van der Waals surface area (Å²) in [7, 11) is 0. The second kappa shape index (κ2) is 7.96. The van der Waals surface area contributed by atoms with Crippen molar-refractivity contribution >= 4 is 26.3 Å². The molecule has 0 aromatic heterocycles. The number of aliphatic imine (C=N–C) groups is 1. The number of nitrogens with zero attached hydrogens (tertiary/aromatic N) is 1. The molecule has 3 heteroatoms. The van der Waals surface area contributed by atoms with Gasteiger partial charge in [0, 0.05) is 0 Å². The molecule has 0 aliphatic rings. The average molecular weight is 379 g/mol. The number of rotatable bonds is 5. The Hall–Kier alpha value is -2.35. The van der Waals surface area contributed by atoms with E-state index in [9.17, 15) is 0 Å². The number of para-hydroxylation sites is 1. The van der Waals surface area contributed by atoms with Crippen LogP contribution in [0.15, 0.2) is 83.9 Å². The minimum absolute atomic E-state index is 0.557. The zero-order chi connectivity index (χ0) is 16.8. The van der Waals surface area contributed by atoms with Crippen molar-refractivity contribution in [1.82, 2.24) is 0 Å².